The maximum absolute atomic E-state index is 11.8. The lowest BCUT2D eigenvalue weighted by molar-refractivity contribution is -0.142. The molecule has 1 heterocycles. The van der Waals surface area contributed by atoms with Gasteiger partial charge in [0.15, 0.2) is 18.1 Å². The molecule has 8 heteroatoms. The van der Waals surface area contributed by atoms with Crippen molar-refractivity contribution in [2.75, 3.05) is 20.3 Å². The molecule has 0 saturated carbocycles. The highest BCUT2D eigenvalue weighted by Gasteiger charge is 2.24. The van der Waals surface area contributed by atoms with Crippen LogP contribution in [0.5, 0.6) is 11.5 Å². The molecule has 0 bridgehead atoms. The van der Waals surface area contributed by atoms with E-state index < -0.39 is 5.97 Å². The molecule has 1 saturated heterocycles. The van der Waals surface area contributed by atoms with Crippen LogP contribution in [0.1, 0.15) is 25.8 Å². The Bertz CT molecular complexity index is 745. The van der Waals surface area contributed by atoms with E-state index in [9.17, 15) is 9.59 Å². The zero-order chi connectivity index (χ0) is 19.1. The van der Waals surface area contributed by atoms with Crippen LogP contribution in [0, 0.1) is 0 Å². The number of thioether (sulfide) groups is 1. The molecule has 2 rings (SSSR count). The predicted molar refractivity (Wildman–Crippen MR) is 104 cm³/mol. The Balaban J connectivity index is 2.06. The van der Waals surface area contributed by atoms with Crippen molar-refractivity contribution in [2.45, 2.75) is 26.7 Å². The van der Waals surface area contributed by atoms with Gasteiger partial charge in [-0.05, 0) is 44.4 Å². The summed E-state index contributed by atoms with van der Waals surface area (Å²) in [7, 11) is 1.31. The highest BCUT2D eigenvalue weighted by molar-refractivity contribution is 8.26. The van der Waals surface area contributed by atoms with E-state index in [2.05, 4.69) is 10.1 Å². The molecule has 26 heavy (non-hydrogen) atoms. The fraction of sp³-hybridized carbons (Fsp3) is 0.389. The van der Waals surface area contributed by atoms with Gasteiger partial charge < -0.3 is 19.5 Å². The van der Waals surface area contributed by atoms with Crippen molar-refractivity contribution in [1.82, 2.24) is 5.32 Å². The number of esters is 1. The van der Waals surface area contributed by atoms with Crippen LogP contribution in [-0.2, 0) is 20.7 Å². The van der Waals surface area contributed by atoms with Gasteiger partial charge in [-0.3, -0.25) is 4.79 Å². The van der Waals surface area contributed by atoms with Crippen LogP contribution in [0.25, 0.3) is 0 Å². The number of hydrogen-bond donors (Lipinski definition) is 1. The molecular weight excluding hydrogens is 374 g/mol. The van der Waals surface area contributed by atoms with E-state index in [1.807, 2.05) is 26.0 Å². The van der Waals surface area contributed by atoms with Crippen LogP contribution in [0.15, 0.2) is 28.7 Å². The number of benzene rings is 1. The Morgan fingerprint density at radius 3 is 2.65 bits per heavy atom. The number of methoxy groups -OCH3 is 1. The average molecular weight is 396 g/mol. The number of carbonyl (C=O) groups is 2. The van der Waals surface area contributed by atoms with Crippen LogP contribution < -0.4 is 14.8 Å². The molecule has 1 fully saturated rings. The van der Waals surface area contributed by atoms with Crippen molar-refractivity contribution in [2.24, 2.45) is 0 Å². The van der Waals surface area contributed by atoms with Crippen molar-refractivity contribution in [1.29, 1.82) is 0 Å². The molecule has 1 N–H and O–H groups in total. The number of hydrogen-bond acceptors (Lipinski definition) is 7. The molecular formula is C18H21NO5S2. The highest BCUT2D eigenvalue weighted by Crippen LogP contribution is 2.31. The largest absolute Gasteiger partial charge is 0.490 e. The molecule has 0 aliphatic carbocycles. The lowest BCUT2D eigenvalue weighted by Crippen LogP contribution is -2.18. The Morgan fingerprint density at radius 1 is 1.27 bits per heavy atom. The number of ether oxygens (including phenoxy) is 3. The summed E-state index contributed by atoms with van der Waals surface area (Å²) in [5.74, 6) is 0.489. The summed E-state index contributed by atoms with van der Waals surface area (Å²) in [5, 5.41) is 2.63. The normalized spacial score (nSPS) is 15.5. The first-order chi connectivity index (χ1) is 12.4. The molecule has 1 aliphatic heterocycles. The number of allylic oxidation sites excluding steroid dienone is 1. The van der Waals surface area contributed by atoms with Crippen LogP contribution in [0.4, 0.5) is 0 Å². The predicted octanol–water partition coefficient (Wildman–Crippen LogP) is 2.99. The first-order valence-corrected chi connectivity index (χ1v) is 9.35. The zero-order valence-corrected chi connectivity index (χ0v) is 16.6. The van der Waals surface area contributed by atoms with Crippen molar-refractivity contribution >= 4 is 40.2 Å². The monoisotopic (exact) mass is 395 g/mol. The number of rotatable bonds is 8. The van der Waals surface area contributed by atoms with E-state index in [4.69, 9.17) is 21.7 Å². The van der Waals surface area contributed by atoms with E-state index in [-0.39, 0.29) is 12.5 Å². The van der Waals surface area contributed by atoms with Crippen LogP contribution in [0.3, 0.4) is 0 Å². The zero-order valence-electron chi connectivity index (χ0n) is 14.9. The van der Waals surface area contributed by atoms with Crippen LogP contribution in [-0.4, -0.2) is 36.5 Å². The van der Waals surface area contributed by atoms with Gasteiger partial charge in [0, 0.05) is 0 Å². The van der Waals surface area contributed by atoms with Gasteiger partial charge in [0.05, 0.1) is 18.6 Å². The van der Waals surface area contributed by atoms with E-state index in [0.29, 0.717) is 27.3 Å². The third-order valence-electron chi connectivity index (χ3n) is 3.67. The second-order valence-corrected chi connectivity index (χ2v) is 7.22. The molecule has 140 valence electrons. The summed E-state index contributed by atoms with van der Waals surface area (Å²) in [6, 6.07) is 5.58. The number of carbonyl (C=O) groups excluding carboxylic acids is 2. The fourth-order valence-electron chi connectivity index (χ4n) is 2.33. The molecule has 6 nitrogen and oxygen atoms in total. The molecule has 1 aliphatic rings. The maximum Gasteiger partial charge on any atom is 0.343 e. The summed E-state index contributed by atoms with van der Waals surface area (Å²) in [6.07, 6.45) is 1.47. The average Bonchev–Trinajstić information content (AvgIpc) is 2.97. The van der Waals surface area contributed by atoms with Gasteiger partial charge in [-0.15, -0.1) is 0 Å². The number of amides is 1. The minimum atomic E-state index is -0.455. The molecule has 1 aromatic rings. The minimum Gasteiger partial charge on any atom is -0.490 e. The smallest absolute Gasteiger partial charge is 0.343 e. The molecule has 0 radical (unpaired) electrons. The molecule has 0 atom stereocenters. The van der Waals surface area contributed by atoms with E-state index in [1.54, 1.807) is 6.07 Å². The molecule has 0 spiro atoms. The molecule has 1 amide bonds. The number of nitrogens with one attached hydrogen (secondary N) is 1. The summed E-state index contributed by atoms with van der Waals surface area (Å²) < 4.78 is 16.1. The number of thiocarbonyl (C=S) groups is 1. The standard InChI is InChI=1S/C18H21NO5S2/c1-4-23-14-9-12(7-8-13(14)24-10-15(20)22-3)6-5-11(2)16-17(21)19-18(25)26-16/h7-9H,4-6,10H2,1-3H3,(H,19,21,25)/b16-11+. The lowest BCUT2D eigenvalue weighted by Gasteiger charge is -2.13. The third-order valence-corrected chi connectivity index (χ3v) is 5.05. The van der Waals surface area contributed by atoms with Gasteiger partial charge in [0.1, 0.15) is 4.32 Å². The van der Waals surface area contributed by atoms with Crippen molar-refractivity contribution in [3.63, 3.8) is 0 Å². The van der Waals surface area contributed by atoms with Crippen molar-refractivity contribution < 1.29 is 23.8 Å². The van der Waals surface area contributed by atoms with Gasteiger partial charge in [-0.25, -0.2) is 4.79 Å². The van der Waals surface area contributed by atoms with E-state index >= 15 is 0 Å². The first kappa shape index (κ1) is 20.3. The second kappa shape index (κ2) is 9.59. The molecule has 0 unspecified atom stereocenters. The SMILES string of the molecule is CCOc1cc(CC/C(C)=C2/SC(=S)NC2=O)ccc1OCC(=O)OC. The summed E-state index contributed by atoms with van der Waals surface area (Å²) in [4.78, 5) is 23.7. The van der Waals surface area contributed by atoms with Crippen LogP contribution in [0.2, 0.25) is 0 Å². The first-order valence-electron chi connectivity index (χ1n) is 8.12. The van der Waals surface area contributed by atoms with E-state index in [0.717, 1.165) is 24.0 Å². The Kier molecular flexibility index (Phi) is 7.47. The van der Waals surface area contributed by atoms with Gasteiger partial charge in [-0.1, -0.05) is 35.6 Å². The maximum atomic E-state index is 11.8. The van der Waals surface area contributed by atoms with Crippen molar-refractivity contribution in [3.8, 4) is 11.5 Å². The summed E-state index contributed by atoms with van der Waals surface area (Å²) in [6.45, 7) is 4.13. The second-order valence-electron chi connectivity index (χ2n) is 5.53. The lowest BCUT2D eigenvalue weighted by atomic mass is 10.0. The summed E-state index contributed by atoms with van der Waals surface area (Å²) >= 11 is 6.32. The van der Waals surface area contributed by atoms with Gasteiger partial charge in [0.2, 0.25) is 0 Å². The van der Waals surface area contributed by atoms with Gasteiger partial charge in [-0.2, -0.15) is 0 Å². The fourth-order valence-corrected chi connectivity index (χ4v) is 3.42. The third kappa shape index (κ3) is 5.47. The Morgan fingerprint density at radius 2 is 2.04 bits per heavy atom. The van der Waals surface area contributed by atoms with Crippen molar-refractivity contribution in [3.05, 3.63) is 34.2 Å². The summed E-state index contributed by atoms with van der Waals surface area (Å²) in [5.41, 5.74) is 2.04. The minimum absolute atomic E-state index is 0.126. The Labute approximate surface area is 162 Å². The van der Waals surface area contributed by atoms with Gasteiger partial charge in [0.25, 0.3) is 5.91 Å². The molecule has 1 aromatic carbocycles. The Hall–Kier alpha value is -2.06. The molecule has 0 aromatic heterocycles. The highest BCUT2D eigenvalue weighted by atomic mass is 32.2. The van der Waals surface area contributed by atoms with Gasteiger partial charge >= 0.3 is 5.97 Å². The number of aryl methyl sites for hydroxylation is 1. The van der Waals surface area contributed by atoms with E-state index in [1.165, 1.54) is 18.9 Å². The van der Waals surface area contributed by atoms with Crippen LogP contribution >= 0.6 is 24.0 Å². The quantitative estimate of drug-likeness (QED) is 0.412. The topological polar surface area (TPSA) is 73.9 Å².